The van der Waals surface area contributed by atoms with E-state index in [0.717, 1.165) is 24.3 Å². The van der Waals surface area contributed by atoms with Crippen LogP contribution in [0.5, 0.6) is 0 Å². The molecule has 10 heteroatoms. The first-order valence-electron chi connectivity index (χ1n) is 10.9. The molecule has 1 aliphatic heterocycles. The number of benzene rings is 2. The van der Waals surface area contributed by atoms with Gasteiger partial charge in [-0.1, -0.05) is 0 Å². The fourth-order valence-electron chi connectivity index (χ4n) is 4.46. The van der Waals surface area contributed by atoms with Gasteiger partial charge in [0.2, 0.25) is 0 Å². The quantitative estimate of drug-likeness (QED) is 0.336. The molecule has 1 aromatic heterocycles. The third-order valence-electron chi connectivity index (χ3n) is 5.87. The molecule has 3 aromatic rings. The number of carbonyl (C=O) groups is 1. The van der Waals surface area contributed by atoms with E-state index in [-0.39, 0.29) is 23.4 Å². The molecule has 0 aliphatic carbocycles. The highest BCUT2D eigenvalue weighted by atomic mass is 19.4. The van der Waals surface area contributed by atoms with E-state index in [1.807, 2.05) is 0 Å². The number of carbonyl (C=O) groups excluding carboxylic acids is 1. The third-order valence-corrected chi connectivity index (χ3v) is 5.87. The predicted molar refractivity (Wildman–Crippen MR) is 116 cm³/mol. The van der Waals surface area contributed by atoms with Gasteiger partial charge in [0, 0.05) is 34.9 Å². The lowest BCUT2D eigenvalue weighted by atomic mass is 10.1. The number of piperidine rings is 1. The summed E-state index contributed by atoms with van der Waals surface area (Å²) in [6.07, 6.45) is -8.55. The van der Waals surface area contributed by atoms with E-state index >= 15 is 0 Å². The lowest BCUT2D eigenvalue weighted by Crippen LogP contribution is -2.43. The molecule has 0 bridgehead atoms. The van der Waals surface area contributed by atoms with Crippen LogP contribution in [0, 0.1) is 0 Å². The number of rotatable bonds is 1. The Morgan fingerprint density at radius 1 is 0.882 bits per heavy atom. The molecular formula is C24H24F6N2O2. The highest BCUT2D eigenvalue weighted by Crippen LogP contribution is 2.41. The van der Waals surface area contributed by atoms with E-state index in [2.05, 4.69) is 0 Å². The minimum atomic E-state index is -4.64. The fraction of sp³-hybridized carbons (Fsp3) is 0.458. The van der Waals surface area contributed by atoms with E-state index < -0.39 is 35.2 Å². The number of aromatic nitrogens is 1. The third kappa shape index (κ3) is 4.67. The zero-order chi connectivity index (χ0) is 25.1. The van der Waals surface area contributed by atoms with Crippen LogP contribution in [0.25, 0.3) is 21.8 Å². The summed E-state index contributed by atoms with van der Waals surface area (Å²) in [4.78, 5) is 14.1. The maximum absolute atomic E-state index is 13.4. The van der Waals surface area contributed by atoms with Crippen molar-refractivity contribution in [2.45, 2.75) is 57.6 Å². The van der Waals surface area contributed by atoms with Crippen LogP contribution in [0.4, 0.5) is 31.1 Å². The van der Waals surface area contributed by atoms with E-state index in [0.29, 0.717) is 30.4 Å². The number of ether oxygens (including phenoxy) is 1. The first-order chi connectivity index (χ1) is 15.6. The number of alkyl halides is 6. The van der Waals surface area contributed by atoms with Crippen molar-refractivity contribution in [2.24, 2.45) is 0 Å². The average molecular weight is 486 g/mol. The Morgan fingerprint density at radius 2 is 1.38 bits per heavy atom. The molecule has 4 rings (SSSR count). The Balaban J connectivity index is 1.85. The van der Waals surface area contributed by atoms with Crippen molar-refractivity contribution in [3.63, 3.8) is 0 Å². The summed E-state index contributed by atoms with van der Waals surface area (Å²) >= 11 is 0. The molecule has 1 amide bonds. The van der Waals surface area contributed by atoms with Gasteiger partial charge in [0.05, 0.1) is 17.2 Å². The molecule has 1 unspecified atom stereocenters. The molecular weight excluding hydrogens is 462 g/mol. The van der Waals surface area contributed by atoms with Crippen molar-refractivity contribution in [3.8, 4) is 0 Å². The Labute approximate surface area is 192 Å². The number of hydrogen-bond acceptors (Lipinski definition) is 2. The van der Waals surface area contributed by atoms with Crippen LogP contribution in [0.1, 0.15) is 50.8 Å². The summed E-state index contributed by atoms with van der Waals surface area (Å²) in [7, 11) is 0. The lowest BCUT2D eigenvalue weighted by molar-refractivity contribution is -0.138. The van der Waals surface area contributed by atoms with Crippen molar-refractivity contribution < 1.29 is 35.9 Å². The molecule has 2 heterocycles. The van der Waals surface area contributed by atoms with Crippen LogP contribution in [-0.4, -0.2) is 34.3 Å². The zero-order valence-corrected chi connectivity index (χ0v) is 18.8. The molecule has 2 aromatic carbocycles. The van der Waals surface area contributed by atoms with E-state index in [1.54, 1.807) is 25.3 Å². The number of amides is 1. The van der Waals surface area contributed by atoms with E-state index in [4.69, 9.17) is 4.74 Å². The number of halogens is 6. The Bertz CT molecular complexity index is 1170. The summed E-state index contributed by atoms with van der Waals surface area (Å²) < 4.78 is 87.5. The average Bonchev–Trinajstić information content (AvgIpc) is 3.04. The maximum Gasteiger partial charge on any atom is 0.416 e. The van der Waals surface area contributed by atoms with Gasteiger partial charge in [-0.2, -0.15) is 26.3 Å². The summed E-state index contributed by atoms with van der Waals surface area (Å²) in [5.41, 5.74) is -1.79. The first-order valence-corrected chi connectivity index (χ1v) is 10.9. The normalized spacial score (nSPS) is 18.0. The van der Waals surface area contributed by atoms with Crippen LogP contribution < -0.4 is 0 Å². The molecule has 1 saturated heterocycles. The minimum Gasteiger partial charge on any atom is -0.444 e. The molecule has 0 radical (unpaired) electrons. The molecule has 0 spiro atoms. The molecule has 1 aliphatic rings. The molecule has 184 valence electrons. The number of nitrogens with zero attached hydrogens (tertiary/aromatic N) is 2. The van der Waals surface area contributed by atoms with Gasteiger partial charge in [0.1, 0.15) is 5.60 Å². The van der Waals surface area contributed by atoms with Gasteiger partial charge < -0.3 is 14.2 Å². The zero-order valence-electron chi connectivity index (χ0n) is 18.8. The van der Waals surface area contributed by atoms with Crippen molar-refractivity contribution in [1.29, 1.82) is 0 Å². The number of fused-ring (bicyclic) bond motifs is 3. The first kappa shape index (κ1) is 24.2. The Kier molecular flexibility index (Phi) is 5.77. The maximum atomic E-state index is 13.4. The Morgan fingerprint density at radius 3 is 1.82 bits per heavy atom. The summed E-state index contributed by atoms with van der Waals surface area (Å²) in [6, 6.07) is 5.88. The minimum absolute atomic E-state index is 0.0883. The van der Waals surface area contributed by atoms with Crippen LogP contribution in [0.3, 0.4) is 0 Å². The summed E-state index contributed by atoms with van der Waals surface area (Å²) in [5, 5.41) is 0.177. The van der Waals surface area contributed by atoms with Gasteiger partial charge in [-0.05, 0) is 70.0 Å². The number of hydrogen-bond donors (Lipinski definition) is 0. The molecule has 0 N–H and O–H groups in total. The molecule has 1 fully saturated rings. The monoisotopic (exact) mass is 486 g/mol. The van der Waals surface area contributed by atoms with Gasteiger partial charge in [-0.25, -0.2) is 4.79 Å². The van der Waals surface area contributed by atoms with Crippen LogP contribution in [0.2, 0.25) is 0 Å². The standard InChI is InChI=1S/C24H24F6N2O2/c1-22(2,3)34-21(33)31-10-4-5-16(13-31)32-19-8-6-14(23(25,26)27)11-17(19)18-12-15(24(28,29)30)7-9-20(18)32/h6-9,11-12,16H,4-5,10,13H2,1-3H3. The van der Waals surface area contributed by atoms with Gasteiger partial charge in [-0.15, -0.1) is 0 Å². The van der Waals surface area contributed by atoms with Crippen molar-refractivity contribution in [2.75, 3.05) is 13.1 Å². The van der Waals surface area contributed by atoms with Gasteiger partial charge >= 0.3 is 18.4 Å². The Hall–Kier alpha value is -2.91. The molecule has 1 atom stereocenters. The van der Waals surface area contributed by atoms with E-state index in [1.165, 1.54) is 17.0 Å². The predicted octanol–water partition coefficient (Wildman–Crippen LogP) is 7.40. The van der Waals surface area contributed by atoms with Crippen LogP contribution in [-0.2, 0) is 17.1 Å². The van der Waals surface area contributed by atoms with Crippen molar-refractivity contribution >= 4 is 27.9 Å². The van der Waals surface area contributed by atoms with Crippen molar-refractivity contribution in [1.82, 2.24) is 9.47 Å². The smallest absolute Gasteiger partial charge is 0.416 e. The largest absolute Gasteiger partial charge is 0.444 e. The fourth-order valence-corrected chi connectivity index (χ4v) is 4.46. The van der Waals surface area contributed by atoms with Crippen LogP contribution in [0.15, 0.2) is 36.4 Å². The van der Waals surface area contributed by atoms with Crippen LogP contribution >= 0.6 is 0 Å². The molecule has 0 saturated carbocycles. The second-order valence-corrected chi connectivity index (χ2v) is 9.55. The molecule has 34 heavy (non-hydrogen) atoms. The van der Waals surface area contributed by atoms with Crippen molar-refractivity contribution in [3.05, 3.63) is 47.5 Å². The summed E-state index contributed by atoms with van der Waals surface area (Å²) in [5.74, 6) is 0. The van der Waals surface area contributed by atoms with E-state index in [9.17, 15) is 31.1 Å². The highest BCUT2D eigenvalue weighted by Gasteiger charge is 2.35. The SMILES string of the molecule is CC(C)(C)OC(=O)N1CCCC(n2c3ccc(C(F)(F)F)cc3c3cc(C(F)(F)F)ccc32)C1. The second kappa shape index (κ2) is 8.09. The molecule has 4 nitrogen and oxygen atoms in total. The van der Waals surface area contributed by atoms with Gasteiger partial charge in [0.25, 0.3) is 0 Å². The van der Waals surface area contributed by atoms with Gasteiger partial charge in [0.15, 0.2) is 0 Å². The lowest BCUT2D eigenvalue weighted by Gasteiger charge is -2.35. The topological polar surface area (TPSA) is 34.5 Å². The number of likely N-dealkylation sites (tertiary alicyclic amines) is 1. The second-order valence-electron chi connectivity index (χ2n) is 9.55. The highest BCUT2D eigenvalue weighted by molar-refractivity contribution is 6.08. The summed E-state index contributed by atoms with van der Waals surface area (Å²) in [6.45, 7) is 5.93. The van der Waals surface area contributed by atoms with Gasteiger partial charge in [-0.3, -0.25) is 0 Å².